The first-order valence-electron chi connectivity index (χ1n) is 6.11. The lowest BCUT2D eigenvalue weighted by Crippen LogP contribution is -2.08. The van der Waals surface area contributed by atoms with Crippen molar-refractivity contribution in [3.8, 4) is 5.75 Å². The van der Waals surface area contributed by atoms with Gasteiger partial charge in [0, 0.05) is 22.2 Å². The number of hydrogen-bond acceptors (Lipinski definition) is 4. The minimum atomic E-state index is -0.474. The van der Waals surface area contributed by atoms with E-state index in [0.717, 1.165) is 0 Å². The van der Waals surface area contributed by atoms with Crippen molar-refractivity contribution in [2.75, 3.05) is 12.4 Å². The van der Waals surface area contributed by atoms with E-state index in [1.54, 1.807) is 36.4 Å². The number of anilines is 1. The summed E-state index contributed by atoms with van der Waals surface area (Å²) in [6, 6.07) is 9.66. The number of rotatable bonds is 4. The Morgan fingerprint density at radius 3 is 2.71 bits per heavy atom. The molecule has 0 radical (unpaired) electrons. The zero-order valence-corrected chi connectivity index (χ0v) is 12.7. The van der Waals surface area contributed by atoms with Gasteiger partial charge >= 0.3 is 5.97 Å². The summed E-state index contributed by atoms with van der Waals surface area (Å²) < 4.78 is 4.72. The number of hydrogen-bond donors (Lipinski definition) is 2. The summed E-state index contributed by atoms with van der Waals surface area (Å²) in [6.45, 7) is 0.246. The number of benzene rings is 2. The SMILES string of the molecule is COC(=O)c1ccc(Cl)cc1NCc1c(O)cccc1Cl. The molecule has 0 saturated heterocycles. The second kappa shape index (κ2) is 6.70. The van der Waals surface area contributed by atoms with Gasteiger partial charge < -0.3 is 15.2 Å². The van der Waals surface area contributed by atoms with Crippen molar-refractivity contribution in [2.24, 2.45) is 0 Å². The molecule has 0 heterocycles. The molecule has 6 heteroatoms. The van der Waals surface area contributed by atoms with E-state index in [1.807, 2.05) is 0 Å². The molecule has 0 aliphatic rings. The number of phenolic OH excluding ortho intramolecular Hbond substituents is 1. The molecular weight excluding hydrogens is 313 g/mol. The van der Waals surface area contributed by atoms with E-state index >= 15 is 0 Å². The largest absolute Gasteiger partial charge is 0.508 e. The maximum absolute atomic E-state index is 11.7. The molecule has 0 aliphatic heterocycles. The predicted octanol–water partition coefficient (Wildman–Crippen LogP) is 4.10. The quantitative estimate of drug-likeness (QED) is 0.831. The zero-order valence-electron chi connectivity index (χ0n) is 11.2. The minimum absolute atomic E-state index is 0.0802. The standard InChI is InChI=1S/C15H13Cl2NO3/c1-21-15(20)10-6-5-9(16)7-13(10)18-8-11-12(17)3-2-4-14(11)19/h2-7,18-19H,8H2,1H3. The highest BCUT2D eigenvalue weighted by atomic mass is 35.5. The Bertz CT molecular complexity index is 654. The Morgan fingerprint density at radius 2 is 2.05 bits per heavy atom. The van der Waals surface area contributed by atoms with Gasteiger partial charge in [-0.15, -0.1) is 0 Å². The van der Waals surface area contributed by atoms with E-state index in [4.69, 9.17) is 27.9 Å². The highest BCUT2D eigenvalue weighted by Gasteiger charge is 2.13. The van der Waals surface area contributed by atoms with Gasteiger partial charge in [-0.25, -0.2) is 4.79 Å². The molecule has 0 aliphatic carbocycles. The Hall–Kier alpha value is -1.91. The highest BCUT2D eigenvalue weighted by Crippen LogP contribution is 2.28. The van der Waals surface area contributed by atoms with Crippen molar-refractivity contribution < 1.29 is 14.6 Å². The molecule has 0 saturated carbocycles. The number of aromatic hydroxyl groups is 1. The van der Waals surface area contributed by atoms with E-state index in [2.05, 4.69) is 5.32 Å². The summed E-state index contributed by atoms with van der Waals surface area (Å²) in [4.78, 5) is 11.7. The normalized spacial score (nSPS) is 10.2. The zero-order chi connectivity index (χ0) is 15.4. The highest BCUT2D eigenvalue weighted by molar-refractivity contribution is 6.31. The predicted molar refractivity (Wildman–Crippen MR) is 83.2 cm³/mol. The van der Waals surface area contributed by atoms with E-state index in [-0.39, 0.29) is 12.3 Å². The van der Waals surface area contributed by atoms with E-state index in [0.29, 0.717) is 26.9 Å². The lowest BCUT2D eigenvalue weighted by atomic mass is 10.1. The molecule has 0 spiro atoms. The molecule has 0 aromatic heterocycles. The topological polar surface area (TPSA) is 58.6 Å². The molecule has 0 unspecified atom stereocenters. The van der Waals surface area contributed by atoms with Gasteiger partial charge in [0.15, 0.2) is 0 Å². The van der Waals surface area contributed by atoms with Crippen LogP contribution < -0.4 is 5.32 Å². The monoisotopic (exact) mass is 325 g/mol. The average Bonchev–Trinajstić information content (AvgIpc) is 2.46. The molecular formula is C15H13Cl2NO3. The lowest BCUT2D eigenvalue weighted by Gasteiger charge is -2.13. The van der Waals surface area contributed by atoms with Gasteiger partial charge in [0.1, 0.15) is 5.75 Å². The Morgan fingerprint density at radius 1 is 1.29 bits per heavy atom. The van der Waals surface area contributed by atoms with Crippen LogP contribution >= 0.6 is 23.2 Å². The van der Waals surface area contributed by atoms with Crippen molar-refractivity contribution in [1.29, 1.82) is 0 Å². The molecule has 110 valence electrons. The van der Waals surface area contributed by atoms with Crippen molar-refractivity contribution in [3.05, 3.63) is 57.6 Å². The molecule has 0 fully saturated rings. The van der Waals surface area contributed by atoms with E-state index in [1.165, 1.54) is 7.11 Å². The summed E-state index contributed by atoms with van der Waals surface area (Å²) in [6.07, 6.45) is 0. The van der Waals surface area contributed by atoms with Crippen LogP contribution in [0.5, 0.6) is 5.75 Å². The molecule has 2 N–H and O–H groups in total. The molecule has 21 heavy (non-hydrogen) atoms. The van der Waals surface area contributed by atoms with Gasteiger partial charge in [0.05, 0.1) is 18.4 Å². The van der Waals surface area contributed by atoms with Gasteiger partial charge in [0.25, 0.3) is 0 Å². The Labute approximate surface area is 132 Å². The maximum atomic E-state index is 11.7. The number of carbonyl (C=O) groups excluding carboxylic acids is 1. The Balaban J connectivity index is 2.27. The van der Waals surface area contributed by atoms with Crippen LogP contribution in [0.25, 0.3) is 0 Å². The fourth-order valence-corrected chi connectivity index (χ4v) is 2.27. The van der Waals surface area contributed by atoms with Crippen LogP contribution in [0.1, 0.15) is 15.9 Å². The number of methoxy groups -OCH3 is 1. The van der Waals surface area contributed by atoms with Crippen molar-refractivity contribution in [3.63, 3.8) is 0 Å². The van der Waals surface area contributed by atoms with Gasteiger partial charge in [-0.05, 0) is 30.3 Å². The van der Waals surface area contributed by atoms with Crippen molar-refractivity contribution in [1.82, 2.24) is 0 Å². The first kappa shape index (κ1) is 15.5. The third-order valence-electron chi connectivity index (χ3n) is 2.94. The third kappa shape index (κ3) is 3.60. The molecule has 2 aromatic carbocycles. The number of esters is 1. The Kier molecular flexibility index (Phi) is 4.94. The summed E-state index contributed by atoms with van der Waals surface area (Å²) in [5.74, 6) is -0.394. The molecule has 0 atom stereocenters. The van der Waals surface area contributed by atoms with Crippen molar-refractivity contribution >= 4 is 34.9 Å². The molecule has 0 amide bonds. The third-order valence-corrected chi connectivity index (χ3v) is 3.53. The summed E-state index contributed by atoms with van der Waals surface area (Å²) >= 11 is 12.0. The number of carbonyl (C=O) groups is 1. The number of nitrogens with one attached hydrogen (secondary N) is 1. The van der Waals surface area contributed by atoms with Gasteiger partial charge in [-0.1, -0.05) is 29.3 Å². The second-order valence-electron chi connectivity index (χ2n) is 4.27. The summed E-state index contributed by atoms with van der Waals surface area (Å²) in [7, 11) is 1.31. The summed E-state index contributed by atoms with van der Waals surface area (Å²) in [5, 5.41) is 13.8. The molecule has 4 nitrogen and oxygen atoms in total. The second-order valence-corrected chi connectivity index (χ2v) is 5.12. The van der Waals surface area contributed by atoms with Crippen molar-refractivity contribution in [2.45, 2.75) is 6.54 Å². The van der Waals surface area contributed by atoms with Crippen LogP contribution in [0.4, 0.5) is 5.69 Å². The van der Waals surface area contributed by atoms with Crippen LogP contribution in [-0.4, -0.2) is 18.2 Å². The average molecular weight is 326 g/mol. The first-order chi connectivity index (χ1) is 10.0. The minimum Gasteiger partial charge on any atom is -0.508 e. The van der Waals surface area contributed by atoms with E-state index < -0.39 is 5.97 Å². The van der Waals surface area contributed by atoms with Crippen LogP contribution in [0.15, 0.2) is 36.4 Å². The maximum Gasteiger partial charge on any atom is 0.339 e. The number of phenols is 1. The van der Waals surface area contributed by atoms with E-state index in [9.17, 15) is 9.90 Å². The van der Waals surface area contributed by atoms with Gasteiger partial charge in [-0.2, -0.15) is 0 Å². The van der Waals surface area contributed by atoms with Crippen LogP contribution in [0.2, 0.25) is 10.0 Å². The molecule has 0 bridgehead atoms. The summed E-state index contributed by atoms with van der Waals surface area (Å²) in [5.41, 5.74) is 1.40. The van der Waals surface area contributed by atoms with Crippen LogP contribution in [0, 0.1) is 0 Å². The lowest BCUT2D eigenvalue weighted by molar-refractivity contribution is 0.0602. The van der Waals surface area contributed by atoms with Crippen LogP contribution in [0.3, 0.4) is 0 Å². The van der Waals surface area contributed by atoms with Gasteiger partial charge in [0.2, 0.25) is 0 Å². The smallest absolute Gasteiger partial charge is 0.339 e. The van der Waals surface area contributed by atoms with Gasteiger partial charge in [-0.3, -0.25) is 0 Å². The fourth-order valence-electron chi connectivity index (χ4n) is 1.86. The molecule has 2 aromatic rings. The number of ether oxygens (including phenoxy) is 1. The molecule has 2 rings (SSSR count). The van der Waals surface area contributed by atoms with Crippen LogP contribution in [-0.2, 0) is 11.3 Å². The number of halogens is 2. The first-order valence-corrected chi connectivity index (χ1v) is 6.86. The fraction of sp³-hybridized carbons (Fsp3) is 0.133.